The lowest BCUT2D eigenvalue weighted by Crippen LogP contribution is -2.29. The lowest BCUT2D eigenvalue weighted by Gasteiger charge is -2.10. The molecule has 0 aliphatic carbocycles. The summed E-state index contributed by atoms with van der Waals surface area (Å²) >= 11 is 7.95. The number of fused-ring (bicyclic) bond motifs is 1. The Kier molecular flexibility index (Phi) is 4.57. The van der Waals surface area contributed by atoms with Crippen LogP contribution in [-0.2, 0) is 9.24 Å². The van der Waals surface area contributed by atoms with Crippen molar-refractivity contribution in [2.24, 2.45) is 0 Å². The number of nitrogens with one attached hydrogen (secondary N) is 1. The average molecular weight is 447 g/mol. The molecule has 0 atom stereocenters. The number of benzene rings is 1. The van der Waals surface area contributed by atoms with Gasteiger partial charge in [0.1, 0.15) is 5.52 Å². The molecule has 20 heavy (non-hydrogen) atoms. The van der Waals surface area contributed by atoms with E-state index in [4.69, 9.17) is 27.0 Å². The second kappa shape index (κ2) is 5.88. The predicted octanol–water partition coefficient (Wildman–Crippen LogP) is 3.06. The number of rotatable bonds is 2. The van der Waals surface area contributed by atoms with Crippen molar-refractivity contribution in [3.63, 3.8) is 0 Å². The maximum Gasteiger partial charge on any atom is 0.427 e. The maximum atomic E-state index is 11.4. The van der Waals surface area contributed by atoms with Crippen LogP contribution in [0.3, 0.4) is 0 Å². The fourth-order valence-electron chi connectivity index (χ4n) is 1.46. The zero-order chi connectivity index (χ0) is 14.9. The van der Waals surface area contributed by atoms with Gasteiger partial charge in [-0.05, 0) is 40.8 Å². The van der Waals surface area contributed by atoms with Crippen LogP contribution in [0.25, 0.3) is 10.9 Å². The predicted molar refractivity (Wildman–Crippen MR) is 83.4 cm³/mol. The third kappa shape index (κ3) is 3.62. The van der Waals surface area contributed by atoms with E-state index in [2.05, 4.69) is 4.98 Å². The number of halogens is 3. The van der Waals surface area contributed by atoms with Gasteiger partial charge in [0.05, 0.1) is 8.59 Å². The molecule has 0 spiro atoms. The van der Waals surface area contributed by atoms with Crippen LogP contribution in [-0.4, -0.2) is 19.5 Å². The third-order valence-corrected chi connectivity index (χ3v) is 3.91. The van der Waals surface area contributed by atoms with Crippen LogP contribution in [0, 0.1) is 3.57 Å². The van der Waals surface area contributed by atoms with Crippen molar-refractivity contribution < 1.29 is 17.9 Å². The van der Waals surface area contributed by atoms with Crippen LogP contribution in [0.4, 0.5) is 4.79 Å². The van der Waals surface area contributed by atoms with E-state index in [9.17, 15) is 13.2 Å². The van der Waals surface area contributed by atoms with E-state index < -0.39 is 15.3 Å². The van der Waals surface area contributed by atoms with Crippen molar-refractivity contribution in [2.45, 2.75) is 0 Å². The van der Waals surface area contributed by atoms with Crippen LogP contribution in [0.5, 0.6) is 5.75 Å². The monoisotopic (exact) mass is 446 g/mol. The highest BCUT2D eigenvalue weighted by molar-refractivity contribution is 14.1. The summed E-state index contributed by atoms with van der Waals surface area (Å²) in [5.41, 5.74) is 0.339. The Balaban J connectivity index is 2.47. The van der Waals surface area contributed by atoms with E-state index >= 15 is 0 Å². The zero-order valence-corrected chi connectivity index (χ0v) is 13.9. The number of carbonyl (C=O) groups is 1. The molecule has 1 aromatic heterocycles. The Bertz CT molecular complexity index is 797. The summed E-state index contributed by atoms with van der Waals surface area (Å²) in [5, 5.41) is 1.02. The van der Waals surface area contributed by atoms with Crippen molar-refractivity contribution in [1.82, 2.24) is 9.71 Å². The minimum absolute atomic E-state index is 0.100. The number of carbonyl (C=O) groups excluding carboxylic acids is 1. The number of amides is 1. The van der Waals surface area contributed by atoms with Crippen LogP contribution in [0.2, 0.25) is 5.02 Å². The molecule has 2 rings (SSSR count). The molecule has 6 nitrogen and oxygen atoms in total. The van der Waals surface area contributed by atoms with Crippen molar-refractivity contribution in [3.8, 4) is 5.75 Å². The fourth-order valence-corrected chi connectivity index (χ4v) is 3.01. The number of aromatic nitrogens is 1. The molecule has 0 aliphatic rings. The number of nitrogens with zero attached hydrogens (tertiary/aromatic N) is 1. The second-order valence-electron chi connectivity index (χ2n) is 3.50. The molecule has 0 radical (unpaired) electrons. The highest BCUT2D eigenvalue weighted by Gasteiger charge is 2.18. The zero-order valence-electron chi connectivity index (χ0n) is 9.43. The van der Waals surface area contributed by atoms with Crippen molar-refractivity contribution >= 4 is 71.1 Å². The minimum atomic E-state index is -4.22. The summed E-state index contributed by atoms with van der Waals surface area (Å²) < 4.78 is 28.4. The molecule has 0 aliphatic heterocycles. The van der Waals surface area contributed by atoms with E-state index in [0.29, 0.717) is 19.5 Å². The normalized spacial score (nSPS) is 11.3. The Morgan fingerprint density at radius 1 is 1.45 bits per heavy atom. The smallest absolute Gasteiger partial charge is 0.406 e. The van der Waals surface area contributed by atoms with Gasteiger partial charge in [0.15, 0.2) is 5.75 Å². The summed E-state index contributed by atoms with van der Waals surface area (Å²) in [7, 11) is 0.680. The van der Waals surface area contributed by atoms with Gasteiger partial charge in [0.2, 0.25) is 0 Å². The minimum Gasteiger partial charge on any atom is -0.406 e. The molecule has 1 aromatic carbocycles. The first-order valence-electron chi connectivity index (χ1n) is 4.95. The Morgan fingerprint density at radius 3 is 2.80 bits per heavy atom. The Morgan fingerprint density at radius 2 is 2.15 bits per heavy atom. The first-order chi connectivity index (χ1) is 9.28. The van der Waals surface area contributed by atoms with Gasteiger partial charge in [-0.3, -0.25) is 4.98 Å². The van der Waals surface area contributed by atoms with E-state index in [1.54, 1.807) is 18.2 Å². The van der Waals surface area contributed by atoms with Crippen molar-refractivity contribution in [3.05, 3.63) is 33.0 Å². The summed E-state index contributed by atoms with van der Waals surface area (Å²) in [6, 6.07) is 4.95. The number of pyridine rings is 1. The summed E-state index contributed by atoms with van der Waals surface area (Å²) in [5.74, 6) is 0.100. The van der Waals surface area contributed by atoms with Gasteiger partial charge in [0, 0.05) is 22.3 Å². The molecule has 0 saturated carbocycles. The summed E-state index contributed by atoms with van der Waals surface area (Å²) in [6.07, 6.45) is 0.268. The number of ether oxygens (including phenoxy) is 1. The van der Waals surface area contributed by atoms with Crippen LogP contribution < -0.4 is 9.46 Å². The highest BCUT2D eigenvalue weighted by Crippen LogP contribution is 2.34. The first-order valence-corrected chi connectivity index (χ1v) is 8.71. The molecular formula is C10H5Cl2IN2O4S. The first kappa shape index (κ1) is 15.5. The van der Waals surface area contributed by atoms with Crippen molar-refractivity contribution in [1.29, 1.82) is 0 Å². The Labute approximate surface area is 137 Å². The molecule has 2 aromatic rings. The largest absolute Gasteiger partial charge is 0.427 e. The fraction of sp³-hybridized carbons (Fsp3) is 0. The number of hydrogen-bond acceptors (Lipinski definition) is 5. The van der Waals surface area contributed by atoms with E-state index in [1.165, 1.54) is 10.9 Å². The van der Waals surface area contributed by atoms with Crippen molar-refractivity contribution in [2.75, 3.05) is 0 Å². The van der Waals surface area contributed by atoms with E-state index in [0.717, 1.165) is 0 Å². The number of hydrogen-bond donors (Lipinski definition) is 1. The van der Waals surface area contributed by atoms with Crippen LogP contribution >= 0.6 is 44.9 Å². The molecule has 106 valence electrons. The Hall–Kier alpha value is -0.840. The molecule has 1 heterocycles. The lowest BCUT2D eigenvalue weighted by atomic mass is 10.2. The molecule has 1 amide bonds. The quantitative estimate of drug-likeness (QED) is 0.566. The van der Waals surface area contributed by atoms with Gasteiger partial charge in [-0.1, -0.05) is 11.6 Å². The van der Waals surface area contributed by atoms with Gasteiger partial charge in [-0.15, -0.1) is 0 Å². The highest BCUT2D eigenvalue weighted by atomic mass is 127. The molecule has 10 heteroatoms. The van der Waals surface area contributed by atoms with Gasteiger partial charge in [0.25, 0.3) is 0 Å². The lowest BCUT2D eigenvalue weighted by molar-refractivity contribution is 0.207. The topological polar surface area (TPSA) is 85.4 Å². The molecule has 0 saturated heterocycles. The van der Waals surface area contributed by atoms with Gasteiger partial charge >= 0.3 is 15.3 Å². The maximum absolute atomic E-state index is 11.4. The summed E-state index contributed by atoms with van der Waals surface area (Å²) in [6.45, 7) is 0. The van der Waals surface area contributed by atoms with Gasteiger partial charge < -0.3 is 4.74 Å². The van der Waals surface area contributed by atoms with Crippen LogP contribution in [0.15, 0.2) is 24.4 Å². The van der Waals surface area contributed by atoms with Gasteiger partial charge in [-0.25, -0.2) is 9.52 Å². The van der Waals surface area contributed by atoms with Crippen LogP contribution in [0.1, 0.15) is 0 Å². The van der Waals surface area contributed by atoms with Gasteiger partial charge in [-0.2, -0.15) is 8.42 Å². The second-order valence-corrected chi connectivity index (χ2v) is 7.37. The van der Waals surface area contributed by atoms with E-state index in [-0.39, 0.29) is 5.75 Å². The third-order valence-electron chi connectivity index (χ3n) is 2.15. The van der Waals surface area contributed by atoms with E-state index in [1.807, 2.05) is 22.6 Å². The standard InChI is InChI=1S/C10H5Cl2IN2O4S/c11-6-4-7(13)9(8-5(6)2-1-3-14-8)19-10(16)15-20(12,17)18/h1-4H,(H,15,16). The molecule has 0 bridgehead atoms. The molecule has 0 fully saturated rings. The molecule has 1 N–H and O–H groups in total. The molecule has 0 unspecified atom stereocenters. The summed E-state index contributed by atoms with van der Waals surface area (Å²) in [4.78, 5) is 15.5. The molecular weight excluding hydrogens is 442 g/mol. The SMILES string of the molecule is O=C(NS(=O)(=O)Cl)Oc1c(I)cc(Cl)c2cccnc12. The average Bonchev–Trinajstić information content (AvgIpc) is 2.32.